The Labute approximate surface area is 153 Å². The maximum Gasteiger partial charge on any atom is 0.408 e. The van der Waals surface area contributed by atoms with Crippen LogP contribution in [0.25, 0.3) is 0 Å². The number of hydrogen-bond donors (Lipinski definition) is 3. The van der Waals surface area contributed by atoms with Crippen LogP contribution in [0.2, 0.25) is 0 Å². The summed E-state index contributed by atoms with van der Waals surface area (Å²) in [7, 11) is 0. The lowest BCUT2D eigenvalue weighted by Gasteiger charge is -2.32. The quantitative estimate of drug-likeness (QED) is 0.648. The Balaban J connectivity index is 1.67. The number of carbonyl (C=O) groups is 3. The fraction of sp³-hybridized carbons (Fsp3) is 0.500. The third kappa shape index (κ3) is 6.72. The first-order valence-corrected chi connectivity index (χ1v) is 8.72. The SMILES string of the molecule is C[C@@H](NC(=O)OCc1ccccc1)C(=O)NC1CCN(CC(N)=O)CC1. The second kappa shape index (κ2) is 9.76. The molecule has 1 aliphatic rings. The minimum atomic E-state index is -0.693. The van der Waals surface area contributed by atoms with Crippen molar-refractivity contribution in [2.24, 2.45) is 5.73 Å². The molecule has 2 rings (SSSR count). The molecule has 1 aromatic carbocycles. The van der Waals surface area contributed by atoms with Gasteiger partial charge in [0.05, 0.1) is 6.54 Å². The maximum absolute atomic E-state index is 12.2. The van der Waals surface area contributed by atoms with Gasteiger partial charge in [0.25, 0.3) is 0 Å². The molecule has 1 heterocycles. The van der Waals surface area contributed by atoms with E-state index in [1.165, 1.54) is 0 Å². The van der Waals surface area contributed by atoms with E-state index in [0.29, 0.717) is 13.1 Å². The molecule has 0 radical (unpaired) electrons. The summed E-state index contributed by atoms with van der Waals surface area (Å²) in [5, 5.41) is 5.45. The van der Waals surface area contributed by atoms with Crippen LogP contribution in [0.1, 0.15) is 25.3 Å². The van der Waals surface area contributed by atoms with Crippen molar-refractivity contribution < 1.29 is 19.1 Å². The minimum absolute atomic E-state index is 0.0243. The average molecular weight is 362 g/mol. The van der Waals surface area contributed by atoms with Gasteiger partial charge in [0, 0.05) is 19.1 Å². The van der Waals surface area contributed by atoms with Crippen LogP contribution in [-0.2, 0) is 20.9 Å². The molecule has 4 N–H and O–H groups in total. The van der Waals surface area contributed by atoms with E-state index in [1.54, 1.807) is 6.92 Å². The summed E-state index contributed by atoms with van der Waals surface area (Å²) >= 11 is 0. The summed E-state index contributed by atoms with van der Waals surface area (Å²) < 4.78 is 5.11. The maximum atomic E-state index is 12.2. The molecule has 1 fully saturated rings. The van der Waals surface area contributed by atoms with Crippen molar-refractivity contribution in [2.75, 3.05) is 19.6 Å². The number of rotatable bonds is 7. The first kappa shape index (κ1) is 19.7. The molecule has 1 saturated heterocycles. The number of amides is 3. The molecule has 0 aliphatic carbocycles. The van der Waals surface area contributed by atoms with Gasteiger partial charge in [0.1, 0.15) is 12.6 Å². The van der Waals surface area contributed by atoms with E-state index < -0.39 is 12.1 Å². The number of benzene rings is 1. The molecule has 0 spiro atoms. The summed E-state index contributed by atoms with van der Waals surface area (Å²) in [6.45, 7) is 3.41. The number of primary amides is 1. The van der Waals surface area contributed by atoms with Crippen molar-refractivity contribution in [3.05, 3.63) is 35.9 Å². The molecule has 0 saturated carbocycles. The Morgan fingerprint density at radius 3 is 2.50 bits per heavy atom. The minimum Gasteiger partial charge on any atom is -0.445 e. The number of nitrogens with one attached hydrogen (secondary N) is 2. The number of nitrogens with zero attached hydrogens (tertiary/aromatic N) is 1. The van der Waals surface area contributed by atoms with E-state index >= 15 is 0 Å². The normalized spacial score (nSPS) is 16.5. The number of carbonyl (C=O) groups excluding carboxylic acids is 3. The zero-order valence-electron chi connectivity index (χ0n) is 14.9. The predicted octanol–water partition coefficient (Wildman–Crippen LogP) is 0.367. The molecule has 1 atom stereocenters. The highest BCUT2D eigenvalue weighted by Crippen LogP contribution is 2.10. The smallest absolute Gasteiger partial charge is 0.408 e. The van der Waals surface area contributed by atoms with Crippen LogP contribution in [0.5, 0.6) is 0 Å². The molecule has 1 aliphatic heterocycles. The number of ether oxygens (including phenoxy) is 1. The van der Waals surface area contributed by atoms with Gasteiger partial charge < -0.3 is 21.1 Å². The van der Waals surface area contributed by atoms with Gasteiger partial charge in [-0.3, -0.25) is 14.5 Å². The molecule has 8 heteroatoms. The zero-order valence-corrected chi connectivity index (χ0v) is 14.9. The van der Waals surface area contributed by atoms with Crippen molar-refractivity contribution in [2.45, 2.75) is 38.5 Å². The van der Waals surface area contributed by atoms with Crippen LogP contribution in [0.4, 0.5) is 4.79 Å². The number of piperidine rings is 1. The molecule has 142 valence electrons. The highest BCUT2D eigenvalue weighted by atomic mass is 16.5. The zero-order chi connectivity index (χ0) is 18.9. The number of nitrogens with two attached hydrogens (primary N) is 1. The van der Waals surface area contributed by atoms with Crippen molar-refractivity contribution in [3.63, 3.8) is 0 Å². The standard InChI is InChI=1S/C18H26N4O4/c1-13(20-18(25)26-12-14-5-3-2-4-6-14)17(24)21-15-7-9-22(10-8-15)11-16(19)23/h2-6,13,15H,7-12H2,1H3,(H2,19,23)(H,20,25)(H,21,24)/t13-/m1/s1. The van der Waals surface area contributed by atoms with Crippen molar-refractivity contribution in [3.8, 4) is 0 Å². The number of hydrogen-bond acceptors (Lipinski definition) is 5. The molecular formula is C18H26N4O4. The second-order valence-electron chi connectivity index (χ2n) is 6.45. The van der Waals surface area contributed by atoms with Crippen LogP contribution in [0, 0.1) is 0 Å². The van der Waals surface area contributed by atoms with Gasteiger partial charge in [0.2, 0.25) is 11.8 Å². The van der Waals surface area contributed by atoms with Gasteiger partial charge in [-0.15, -0.1) is 0 Å². The highest BCUT2D eigenvalue weighted by molar-refractivity contribution is 5.85. The summed E-state index contributed by atoms with van der Waals surface area (Å²) in [5.41, 5.74) is 6.06. The fourth-order valence-corrected chi connectivity index (χ4v) is 2.79. The van der Waals surface area contributed by atoms with Crippen LogP contribution in [0.15, 0.2) is 30.3 Å². The second-order valence-corrected chi connectivity index (χ2v) is 6.45. The first-order chi connectivity index (χ1) is 12.4. The van der Waals surface area contributed by atoms with Gasteiger partial charge in [-0.25, -0.2) is 4.79 Å². The molecule has 3 amide bonds. The van der Waals surface area contributed by atoms with Crippen LogP contribution < -0.4 is 16.4 Å². The largest absolute Gasteiger partial charge is 0.445 e. The molecule has 0 aromatic heterocycles. The summed E-state index contributed by atoms with van der Waals surface area (Å²) in [6, 6.07) is 8.65. The predicted molar refractivity (Wildman–Crippen MR) is 96.0 cm³/mol. The van der Waals surface area contributed by atoms with E-state index in [4.69, 9.17) is 10.5 Å². The van der Waals surface area contributed by atoms with Gasteiger partial charge in [-0.05, 0) is 25.3 Å². The summed E-state index contributed by atoms with van der Waals surface area (Å²) in [4.78, 5) is 36.9. The Morgan fingerprint density at radius 1 is 1.23 bits per heavy atom. The van der Waals surface area contributed by atoms with E-state index in [-0.39, 0.29) is 31.0 Å². The van der Waals surface area contributed by atoms with Crippen LogP contribution in [-0.4, -0.2) is 54.5 Å². The summed E-state index contributed by atoms with van der Waals surface area (Å²) in [5.74, 6) is -0.602. The van der Waals surface area contributed by atoms with Crippen LogP contribution >= 0.6 is 0 Å². The third-order valence-corrected chi connectivity index (χ3v) is 4.25. The summed E-state index contributed by atoms with van der Waals surface area (Å²) in [6.07, 6.45) is 0.849. The number of alkyl carbamates (subject to hydrolysis) is 1. The Hall–Kier alpha value is -2.61. The molecular weight excluding hydrogens is 336 g/mol. The van der Waals surface area contributed by atoms with Gasteiger partial charge in [0.15, 0.2) is 0 Å². The van der Waals surface area contributed by atoms with Gasteiger partial charge in [-0.1, -0.05) is 30.3 Å². The monoisotopic (exact) mass is 362 g/mol. The van der Waals surface area contributed by atoms with Crippen molar-refractivity contribution >= 4 is 17.9 Å². The third-order valence-electron chi connectivity index (χ3n) is 4.25. The number of likely N-dealkylation sites (tertiary alicyclic amines) is 1. The molecule has 26 heavy (non-hydrogen) atoms. The van der Waals surface area contributed by atoms with Gasteiger partial charge in [-0.2, -0.15) is 0 Å². The van der Waals surface area contributed by atoms with E-state index in [9.17, 15) is 14.4 Å². The van der Waals surface area contributed by atoms with Crippen molar-refractivity contribution in [1.82, 2.24) is 15.5 Å². The molecule has 0 unspecified atom stereocenters. The van der Waals surface area contributed by atoms with E-state index in [1.807, 2.05) is 35.2 Å². The lowest BCUT2D eigenvalue weighted by atomic mass is 10.0. The topological polar surface area (TPSA) is 114 Å². The Kier molecular flexibility index (Phi) is 7.40. The lowest BCUT2D eigenvalue weighted by Crippen LogP contribution is -2.51. The van der Waals surface area contributed by atoms with Crippen LogP contribution in [0.3, 0.4) is 0 Å². The van der Waals surface area contributed by atoms with E-state index in [0.717, 1.165) is 18.4 Å². The highest BCUT2D eigenvalue weighted by Gasteiger charge is 2.24. The van der Waals surface area contributed by atoms with Crippen molar-refractivity contribution in [1.29, 1.82) is 0 Å². The molecule has 8 nitrogen and oxygen atoms in total. The first-order valence-electron chi connectivity index (χ1n) is 8.72. The van der Waals surface area contributed by atoms with Gasteiger partial charge >= 0.3 is 6.09 Å². The molecule has 1 aromatic rings. The lowest BCUT2D eigenvalue weighted by molar-refractivity contribution is -0.124. The molecule has 0 bridgehead atoms. The van der Waals surface area contributed by atoms with E-state index in [2.05, 4.69) is 10.6 Å². The average Bonchev–Trinajstić information content (AvgIpc) is 2.62. The Bertz CT molecular complexity index is 615. The Morgan fingerprint density at radius 2 is 1.88 bits per heavy atom. The fourth-order valence-electron chi connectivity index (χ4n) is 2.79.